The molecule has 0 atom stereocenters. The highest BCUT2D eigenvalue weighted by molar-refractivity contribution is 7.92. The Hall–Kier alpha value is -4.58. The number of hydrogen-bond donors (Lipinski definition) is 2. The molecule has 3 aromatic rings. The van der Waals surface area contributed by atoms with E-state index in [2.05, 4.69) is 15.2 Å². The van der Waals surface area contributed by atoms with Gasteiger partial charge in [0.1, 0.15) is 5.69 Å². The van der Waals surface area contributed by atoms with Gasteiger partial charge in [-0.1, -0.05) is 30.3 Å². The summed E-state index contributed by atoms with van der Waals surface area (Å²) >= 11 is 0. The van der Waals surface area contributed by atoms with Crippen LogP contribution < -0.4 is 10.1 Å². The summed E-state index contributed by atoms with van der Waals surface area (Å²) in [5, 5.41) is 26.3. The summed E-state index contributed by atoms with van der Waals surface area (Å²) < 4.78 is 27.5. The number of allylic oxidation sites excluding steroid dienone is 1. The second-order valence-electron chi connectivity index (χ2n) is 6.47. The number of benzene rings is 3. The van der Waals surface area contributed by atoms with Crippen molar-refractivity contribution in [3.05, 3.63) is 105 Å². The minimum Gasteiger partial charge on any atom is -0.280 e. The van der Waals surface area contributed by atoms with E-state index < -0.39 is 25.6 Å². The molecule has 3 aromatic carbocycles. The number of nitro benzene ring substituents is 2. The number of hydrogen-bond acceptors (Lipinski definition) is 8. The fourth-order valence-electron chi connectivity index (χ4n) is 2.74. The summed E-state index contributed by atoms with van der Waals surface area (Å²) in [6.45, 7) is 0. The molecule has 0 amide bonds. The van der Waals surface area contributed by atoms with Gasteiger partial charge in [-0.3, -0.25) is 30.4 Å². The number of nitro groups is 2. The number of nitrogens with zero attached hydrogens (tertiary/aromatic N) is 3. The highest BCUT2D eigenvalue weighted by atomic mass is 32.2. The largest absolute Gasteiger partial charge is 0.295 e. The van der Waals surface area contributed by atoms with Crippen LogP contribution in [0.2, 0.25) is 0 Å². The number of para-hydroxylation sites is 2. The first-order chi connectivity index (χ1) is 15.8. The zero-order valence-corrected chi connectivity index (χ0v) is 17.7. The van der Waals surface area contributed by atoms with Gasteiger partial charge in [0.15, 0.2) is 0 Å². The molecule has 0 heterocycles. The lowest BCUT2D eigenvalue weighted by atomic mass is 10.2. The van der Waals surface area contributed by atoms with Gasteiger partial charge in [0.25, 0.3) is 21.4 Å². The van der Waals surface area contributed by atoms with Gasteiger partial charge in [0, 0.05) is 24.0 Å². The van der Waals surface area contributed by atoms with E-state index in [1.165, 1.54) is 36.6 Å². The van der Waals surface area contributed by atoms with Crippen LogP contribution in [-0.4, -0.2) is 24.5 Å². The monoisotopic (exact) mass is 467 g/mol. The zero-order chi connectivity index (χ0) is 23.8. The number of anilines is 2. The van der Waals surface area contributed by atoms with Crippen molar-refractivity contribution in [1.29, 1.82) is 0 Å². The second-order valence-corrected chi connectivity index (χ2v) is 8.16. The highest BCUT2D eigenvalue weighted by Crippen LogP contribution is 2.28. The third-order valence-corrected chi connectivity index (χ3v) is 5.64. The van der Waals surface area contributed by atoms with Crippen molar-refractivity contribution in [3.63, 3.8) is 0 Å². The van der Waals surface area contributed by atoms with E-state index in [1.807, 2.05) is 0 Å². The van der Waals surface area contributed by atoms with Crippen LogP contribution in [0.25, 0.3) is 6.08 Å². The predicted octanol–water partition coefficient (Wildman–Crippen LogP) is 4.41. The summed E-state index contributed by atoms with van der Waals surface area (Å²) in [4.78, 5) is 20.9. The second kappa shape index (κ2) is 10.2. The van der Waals surface area contributed by atoms with Crippen molar-refractivity contribution in [1.82, 2.24) is 0 Å². The Morgan fingerprint density at radius 2 is 1.52 bits per heavy atom. The van der Waals surface area contributed by atoms with Gasteiger partial charge in [0.2, 0.25) is 0 Å². The van der Waals surface area contributed by atoms with Crippen LogP contribution in [0.1, 0.15) is 5.56 Å². The first-order valence-corrected chi connectivity index (χ1v) is 10.8. The first kappa shape index (κ1) is 23.1. The van der Waals surface area contributed by atoms with Crippen molar-refractivity contribution < 1.29 is 18.3 Å². The Morgan fingerprint density at radius 1 is 0.848 bits per heavy atom. The molecular formula is C21H17N5O6S. The Morgan fingerprint density at radius 3 is 2.21 bits per heavy atom. The molecule has 11 nitrogen and oxygen atoms in total. The number of hydrazone groups is 1. The van der Waals surface area contributed by atoms with Crippen LogP contribution in [0.15, 0.2) is 88.9 Å². The number of rotatable bonds is 9. The van der Waals surface area contributed by atoms with Crippen LogP contribution in [-0.2, 0) is 10.0 Å². The molecular weight excluding hydrogens is 450 g/mol. The topological polar surface area (TPSA) is 157 Å². The Balaban J connectivity index is 1.76. The average molecular weight is 467 g/mol. The van der Waals surface area contributed by atoms with E-state index in [1.54, 1.807) is 48.5 Å². The fourth-order valence-corrected chi connectivity index (χ4v) is 3.81. The minimum atomic E-state index is -4.04. The van der Waals surface area contributed by atoms with Crippen LogP contribution in [0, 0.1) is 20.2 Å². The molecule has 0 spiro atoms. The molecule has 0 aliphatic heterocycles. The maximum atomic E-state index is 12.6. The van der Waals surface area contributed by atoms with E-state index in [-0.39, 0.29) is 16.3 Å². The molecule has 0 fully saturated rings. The van der Waals surface area contributed by atoms with E-state index in [0.717, 1.165) is 6.07 Å². The van der Waals surface area contributed by atoms with Crippen LogP contribution in [0.4, 0.5) is 22.7 Å². The van der Waals surface area contributed by atoms with E-state index >= 15 is 0 Å². The lowest BCUT2D eigenvalue weighted by Gasteiger charge is -2.09. The summed E-state index contributed by atoms with van der Waals surface area (Å²) in [5.41, 5.74) is 2.55. The third-order valence-electron chi connectivity index (χ3n) is 4.26. The summed E-state index contributed by atoms with van der Waals surface area (Å²) in [6.07, 6.45) is 4.13. The number of sulfonamides is 1. The lowest BCUT2D eigenvalue weighted by molar-refractivity contribution is -0.385. The van der Waals surface area contributed by atoms with Crippen LogP contribution in [0.3, 0.4) is 0 Å². The van der Waals surface area contributed by atoms with Gasteiger partial charge in [-0.25, -0.2) is 8.42 Å². The molecule has 2 N–H and O–H groups in total. The standard InChI is InChI=1S/C21H17N5O6S/c27-25(28)20-11-5-4-7-16(20)8-6-14-22-23-19-13-12-18(15-21(19)26(29)30)33(31,32)24-17-9-2-1-3-10-17/h1-15,23-24H. The van der Waals surface area contributed by atoms with Crippen molar-refractivity contribution in [3.8, 4) is 0 Å². The van der Waals surface area contributed by atoms with Crippen molar-refractivity contribution in [2.45, 2.75) is 4.90 Å². The Labute approximate surface area is 188 Å². The first-order valence-electron chi connectivity index (χ1n) is 9.33. The normalized spacial score (nSPS) is 11.5. The van der Waals surface area contributed by atoms with Gasteiger partial charge >= 0.3 is 0 Å². The lowest BCUT2D eigenvalue weighted by Crippen LogP contribution is -2.13. The van der Waals surface area contributed by atoms with Crippen molar-refractivity contribution in [2.24, 2.45) is 5.10 Å². The van der Waals surface area contributed by atoms with Gasteiger partial charge < -0.3 is 0 Å². The molecule has 0 bridgehead atoms. The van der Waals surface area contributed by atoms with Crippen molar-refractivity contribution >= 4 is 45.1 Å². The third kappa shape index (κ3) is 5.98. The molecule has 0 saturated carbocycles. The van der Waals surface area contributed by atoms with E-state index in [0.29, 0.717) is 11.3 Å². The maximum Gasteiger partial charge on any atom is 0.295 e. The minimum absolute atomic E-state index is 0.0333. The zero-order valence-electron chi connectivity index (χ0n) is 16.9. The summed E-state index contributed by atoms with van der Waals surface area (Å²) in [5.74, 6) is 0. The Kier molecular flexibility index (Phi) is 7.10. The number of nitrogens with one attached hydrogen (secondary N) is 2. The molecule has 168 valence electrons. The molecule has 0 aliphatic carbocycles. The summed E-state index contributed by atoms with van der Waals surface area (Å²) in [7, 11) is -4.04. The highest BCUT2D eigenvalue weighted by Gasteiger charge is 2.21. The molecule has 0 aliphatic rings. The van der Waals surface area contributed by atoms with E-state index in [4.69, 9.17) is 0 Å². The SMILES string of the molecule is O=[N+]([O-])c1ccccc1C=CC=NNc1ccc(S(=O)(=O)Nc2ccccc2)cc1[N+](=O)[O-]. The predicted molar refractivity (Wildman–Crippen MR) is 125 cm³/mol. The van der Waals surface area contributed by atoms with Gasteiger partial charge in [-0.2, -0.15) is 5.10 Å². The maximum absolute atomic E-state index is 12.6. The van der Waals surface area contributed by atoms with Crippen LogP contribution in [0.5, 0.6) is 0 Å². The molecule has 0 saturated heterocycles. The van der Waals surface area contributed by atoms with Gasteiger partial charge in [0.05, 0.1) is 20.3 Å². The molecule has 3 rings (SSSR count). The molecule has 33 heavy (non-hydrogen) atoms. The summed E-state index contributed by atoms with van der Waals surface area (Å²) in [6, 6.07) is 17.6. The Bertz CT molecular complexity index is 1340. The molecule has 0 aromatic heterocycles. The quantitative estimate of drug-likeness (QED) is 0.268. The smallest absolute Gasteiger partial charge is 0.280 e. The molecule has 12 heteroatoms. The van der Waals surface area contributed by atoms with Gasteiger partial charge in [-0.15, -0.1) is 0 Å². The molecule has 0 radical (unpaired) electrons. The van der Waals surface area contributed by atoms with Crippen molar-refractivity contribution in [2.75, 3.05) is 10.1 Å². The fraction of sp³-hybridized carbons (Fsp3) is 0. The van der Waals surface area contributed by atoms with E-state index in [9.17, 15) is 28.6 Å². The average Bonchev–Trinajstić information content (AvgIpc) is 2.79. The molecule has 0 unspecified atom stereocenters. The van der Waals surface area contributed by atoms with Crippen LogP contribution >= 0.6 is 0 Å². The van der Waals surface area contributed by atoms with Gasteiger partial charge in [-0.05, 0) is 42.5 Å².